The van der Waals surface area contributed by atoms with E-state index in [0.29, 0.717) is 26.4 Å². The number of rotatable bonds is 8. The molecular formula is C20H35ClNO4+. The zero-order valence-electron chi connectivity index (χ0n) is 17.3. The van der Waals surface area contributed by atoms with Gasteiger partial charge in [-0.2, -0.15) is 4.79 Å². The number of nitrogens with zero attached hydrogens (tertiary/aromatic N) is 1. The molecule has 0 aromatic heterocycles. The second-order valence-corrected chi connectivity index (χ2v) is 6.50. The fourth-order valence-corrected chi connectivity index (χ4v) is 2.51. The summed E-state index contributed by atoms with van der Waals surface area (Å²) in [4.78, 5) is 12.3. The molecule has 150 valence electrons. The Balaban J connectivity index is 0.00000301. The predicted octanol–water partition coefficient (Wildman–Crippen LogP) is 4.78. The van der Waals surface area contributed by atoms with Crippen molar-refractivity contribution in [3.8, 4) is 0 Å². The Morgan fingerprint density at radius 3 is 2.31 bits per heavy atom. The minimum absolute atomic E-state index is 0.0743. The Bertz CT molecular complexity index is 518. The molecule has 0 fully saturated rings. The van der Waals surface area contributed by atoms with Crippen molar-refractivity contribution in [2.24, 2.45) is 5.41 Å². The van der Waals surface area contributed by atoms with E-state index in [0.717, 1.165) is 17.6 Å². The summed E-state index contributed by atoms with van der Waals surface area (Å²) in [5.41, 5.74) is 2.27. The lowest BCUT2D eigenvalue weighted by atomic mass is 9.81. The highest BCUT2D eigenvalue weighted by atomic mass is 35.5. The maximum Gasteiger partial charge on any atom is 0.596 e. The van der Waals surface area contributed by atoms with Crippen molar-refractivity contribution in [2.75, 3.05) is 32.7 Å². The molecule has 1 aliphatic carbocycles. The standard InChI is InChI=1S/C19H32NO4.CH3Cl/c1-7-22-17(23-8-2)14-20(18(21)24-9-3)13-16-12-19(5,6)11-10-15(16)4;1-2/h10,12-13,17H,7-9,11,14H2,1-6H3;1H3/q+1;/b20-13-;. The van der Waals surface area contributed by atoms with Crippen molar-refractivity contribution in [3.05, 3.63) is 23.3 Å². The molecule has 5 nitrogen and oxygen atoms in total. The third-order valence-electron chi connectivity index (χ3n) is 3.78. The quantitative estimate of drug-likeness (QED) is 0.260. The second-order valence-electron chi connectivity index (χ2n) is 6.50. The molecule has 0 unspecified atom stereocenters. The van der Waals surface area contributed by atoms with Crippen molar-refractivity contribution in [1.82, 2.24) is 0 Å². The second kappa shape index (κ2) is 13.1. The number of hydrogen-bond acceptors (Lipinski definition) is 4. The third-order valence-corrected chi connectivity index (χ3v) is 3.78. The molecule has 0 saturated heterocycles. The van der Waals surface area contributed by atoms with Gasteiger partial charge in [-0.15, -0.1) is 16.2 Å². The normalized spacial score (nSPS) is 16.4. The summed E-state index contributed by atoms with van der Waals surface area (Å²) in [6, 6.07) is 0. The zero-order chi connectivity index (χ0) is 20.2. The van der Waals surface area contributed by atoms with E-state index in [-0.39, 0.29) is 11.5 Å². The van der Waals surface area contributed by atoms with Crippen LogP contribution in [0.2, 0.25) is 0 Å². The largest absolute Gasteiger partial charge is 0.596 e. The van der Waals surface area contributed by atoms with E-state index in [2.05, 4.69) is 44.5 Å². The molecule has 1 rings (SSSR count). The highest BCUT2D eigenvalue weighted by molar-refractivity contribution is 6.15. The molecule has 1 amide bonds. The summed E-state index contributed by atoms with van der Waals surface area (Å²) in [5, 5.41) is 0. The molecule has 0 bridgehead atoms. The van der Waals surface area contributed by atoms with Crippen molar-refractivity contribution in [2.45, 2.75) is 54.3 Å². The Kier molecular flexibility index (Phi) is 12.5. The molecule has 0 aliphatic heterocycles. The summed E-state index contributed by atoms with van der Waals surface area (Å²) in [7, 11) is 0. The highest BCUT2D eigenvalue weighted by Crippen LogP contribution is 2.31. The van der Waals surface area contributed by atoms with Crippen LogP contribution in [0.15, 0.2) is 23.3 Å². The number of carbonyl (C=O) groups is 1. The molecular weight excluding hydrogens is 354 g/mol. The molecule has 0 radical (unpaired) electrons. The number of amides is 1. The fraction of sp³-hybridized carbons (Fsp3) is 0.700. The average molecular weight is 389 g/mol. The minimum Gasteiger partial charge on any atom is -0.412 e. The highest BCUT2D eigenvalue weighted by Gasteiger charge is 2.27. The number of allylic oxidation sites excluding steroid dienone is 4. The predicted molar refractivity (Wildman–Crippen MR) is 107 cm³/mol. The molecule has 0 spiro atoms. The van der Waals surface area contributed by atoms with Crippen LogP contribution in [0.5, 0.6) is 0 Å². The average Bonchev–Trinajstić information content (AvgIpc) is 2.59. The molecule has 6 heteroatoms. The maximum atomic E-state index is 12.3. The summed E-state index contributed by atoms with van der Waals surface area (Å²) in [6.07, 6.45) is 7.86. The first-order valence-electron chi connectivity index (χ1n) is 9.12. The Morgan fingerprint density at radius 1 is 1.23 bits per heavy atom. The van der Waals surface area contributed by atoms with Gasteiger partial charge in [0.25, 0.3) is 0 Å². The first-order chi connectivity index (χ1) is 12.3. The van der Waals surface area contributed by atoms with Crippen molar-refractivity contribution in [1.29, 1.82) is 0 Å². The van der Waals surface area contributed by atoms with Crippen LogP contribution in [-0.2, 0) is 14.2 Å². The van der Waals surface area contributed by atoms with Crippen molar-refractivity contribution < 1.29 is 23.6 Å². The maximum absolute atomic E-state index is 12.3. The van der Waals surface area contributed by atoms with E-state index < -0.39 is 6.29 Å². The lowest BCUT2D eigenvalue weighted by Crippen LogP contribution is -2.35. The van der Waals surface area contributed by atoms with Crippen LogP contribution in [0, 0.1) is 5.41 Å². The van der Waals surface area contributed by atoms with Gasteiger partial charge in [0.15, 0.2) is 6.21 Å². The van der Waals surface area contributed by atoms with Crippen LogP contribution in [0.4, 0.5) is 4.79 Å². The van der Waals surface area contributed by atoms with E-state index in [4.69, 9.17) is 14.2 Å². The third kappa shape index (κ3) is 8.97. The van der Waals surface area contributed by atoms with Gasteiger partial charge >= 0.3 is 6.09 Å². The number of carbonyl (C=O) groups excluding carboxylic acids is 1. The SMILES string of the molecule is CCOC(=O)/[N+](=C\C1=CC(C)(C)CC=C1C)CC(OCC)OCC.CCl. The van der Waals surface area contributed by atoms with Crippen LogP contribution < -0.4 is 0 Å². The van der Waals surface area contributed by atoms with Crippen LogP contribution in [-0.4, -0.2) is 55.9 Å². The topological polar surface area (TPSA) is 47.8 Å². The van der Waals surface area contributed by atoms with Crippen LogP contribution in [0.25, 0.3) is 0 Å². The number of alkyl halides is 1. The molecule has 0 atom stereocenters. The van der Waals surface area contributed by atoms with Gasteiger partial charge in [-0.05, 0) is 45.1 Å². The molecule has 0 aromatic rings. The van der Waals surface area contributed by atoms with Gasteiger partial charge in [-0.25, -0.2) is 0 Å². The smallest absolute Gasteiger partial charge is 0.412 e. The lowest BCUT2D eigenvalue weighted by molar-refractivity contribution is -0.469. The Morgan fingerprint density at radius 2 is 1.81 bits per heavy atom. The van der Waals surface area contributed by atoms with E-state index in [1.807, 2.05) is 20.1 Å². The van der Waals surface area contributed by atoms with E-state index in [9.17, 15) is 4.79 Å². The lowest BCUT2D eigenvalue weighted by Gasteiger charge is -2.24. The van der Waals surface area contributed by atoms with E-state index >= 15 is 0 Å². The number of ether oxygens (including phenoxy) is 3. The summed E-state index contributed by atoms with van der Waals surface area (Å²) in [5.74, 6) is 0. The molecule has 1 aliphatic rings. The molecule has 0 aromatic carbocycles. The van der Waals surface area contributed by atoms with Gasteiger partial charge in [-0.3, -0.25) is 0 Å². The van der Waals surface area contributed by atoms with Crippen LogP contribution in [0.3, 0.4) is 0 Å². The van der Waals surface area contributed by atoms with Crippen LogP contribution in [0.1, 0.15) is 48.0 Å². The van der Waals surface area contributed by atoms with E-state index in [1.165, 1.54) is 6.38 Å². The van der Waals surface area contributed by atoms with Gasteiger partial charge in [0.2, 0.25) is 12.8 Å². The summed E-state index contributed by atoms with van der Waals surface area (Å²) in [6.45, 7) is 13.7. The van der Waals surface area contributed by atoms with E-state index in [1.54, 1.807) is 11.5 Å². The van der Waals surface area contributed by atoms with Crippen molar-refractivity contribution >= 4 is 23.9 Å². The monoisotopic (exact) mass is 388 g/mol. The summed E-state index contributed by atoms with van der Waals surface area (Å²) < 4.78 is 17.9. The Hall–Kier alpha value is -1.17. The first kappa shape index (κ1) is 24.8. The molecule has 0 saturated carbocycles. The first-order valence-corrected chi connectivity index (χ1v) is 9.87. The van der Waals surface area contributed by atoms with Gasteiger partial charge < -0.3 is 14.2 Å². The molecule has 0 N–H and O–H groups in total. The minimum atomic E-state index is -0.470. The number of hydrogen-bond donors (Lipinski definition) is 0. The molecule has 0 heterocycles. The Labute approximate surface area is 163 Å². The van der Waals surface area contributed by atoms with Gasteiger partial charge in [0.05, 0.1) is 6.61 Å². The number of halogens is 1. The van der Waals surface area contributed by atoms with Gasteiger partial charge in [0, 0.05) is 25.2 Å². The van der Waals surface area contributed by atoms with Gasteiger partial charge in [-0.1, -0.05) is 26.0 Å². The molecule has 26 heavy (non-hydrogen) atoms. The summed E-state index contributed by atoms with van der Waals surface area (Å²) >= 11 is 4.64. The van der Waals surface area contributed by atoms with Crippen LogP contribution >= 0.6 is 11.6 Å². The zero-order valence-corrected chi connectivity index (χ0v) is 18.1. The van der Waals surface area contributed by atoms with Gasteiger partial charge in [0.1, 0.15) is 0 Å². The fourth-order valence-electron chi connectivity index (χ4n) is 2.51. The van der Waals surface area contributed by atoms with Crippen molar-refractivity contribution in [3.63, 3.8) is 0 Å².